The molecule has 94 valence electrons. The number of nitrogens with one attached hydrogen (secondary N) is 2. The Morgan fingerprint density at radius 3 is 2.06 bits per heavy atom. The molecule has 1 aromatic rings. The van der Waals surface area contributed by atoms with Crippen LogP contribution in [0, 0.1) is 17.5 Å². The van der Waals surface area contributed by atoms with Crippen molar-refractivity contribution in [2.24, 2.45) is 0 Å². The first-order chi connectivity index (χ1) is 7.77. The molecule has 3 nitrogen and oxygen atoms in total. The van der Waals surface area contributed by atoms with Crippen LogP contribution in [0.2, 0.25) is 0 Å². The molecule has 0 spiro atoms. The van der Waals surface area contributed by atoms with Crippen molar-refractivity contribution in [3.63, 3.8) is 0 Å². The highest BCUT2D eigenvalue weighted by molar-refractivity contribution is 5.97. The Kier molecular flexibility index (Phi) is 3.77. The second-order valence-corrected chi connectivity index (χ2v) is 4.07. The first kappa shape index (κ1) is 13.5. The lowest BCUT2D eigenvalue weighted by atomic mass is 10.1. The zero-order chi connectivity index (χ0) is 13.2. The van der Waals surface area contributed by atoms with Crippen molar-refractivity contribution < 1.29 is 18.0 Å². The van der Waals surface area contributed by atoms with Crippen LogP contribution in [0.1, 0.15) is 13.8 Å². The third-order valence-electron chi connectivity index (χ3n) is 2.44. The maximum Gasteiger partial charge on any atom is 0.244 e. The first-order valence-electron chi connectivity index (χ1n) is 4.93. The quantitative estimate of drug-likeness (QED) is 0.857. The number of likely N-dealkylation sites (N-methyl/N-ethyl adjacent to an activating group) is 1. The third kappa shape index (κ3) is 2.97. The molecule has 1 rings (SSSR count). The van der Waals surface area contributed by atoms with Crippen LogP contribution in [0.15, 0.2) is 12.1 Å². The Bertz CT molecular complexity index is 423. The van der Waals surface area contributed by atoms with Gasteiger partial charge in [0, 0.05) is 12.1 Å². The number of hydrogen-bond acceptors (Lipinski definition) is 2. The van der Waals surface area contributed by atoms with Crippen LogP contribution in [0.4, 0.5) is 18.9 Å². The molecule has 0 bridgehead atoms. The average Bonchev–Trinajstić information content (AvgIpc) is 2.22. The second kappa shape index (κ2) is 4.75. The highest BCUT2D eigenvalue weighted by Crippen LogP contribution is 2.21. The molecule has 0 saturated heterocycles. The molecule has 0 aliphatic rings. The van der Waals surface area contributed by atoms with Gasteiger partial charge in [0.05, 0.1) is 5.54 Å². The van der Waals surface area contributed by atoms with Crippen molar-refractivity contribution in [1.82, 2.24) is 5.32 Å². The van der Waals surface area contributed by atoms with Gasteiger partial charge in [0.1, 0.15) is 11.5 Å². The van der Waals surface area contributed by atoms with Crippen LogP contribution in [-0.2, 0) is 4.79 Å². The highest BCUT2D eigenvalue weighted by atomic mass is 19.1. The van der Waals surface area contributed by atoms with Crippen molar-refractivity contribution in [3.8, 4) is 0 Å². The Balaban J connectivity index is 3.01. The third-order valence-corrected chi connectivity index (χ3v) is 2.44. The molecule has 17 heavy (non-hydrogen) atoms. The Morgan fingerprint density at radius 2 is 1.65 bits per heavy atom. The zero-order valence-electron chi connectivity index (χ0n) is 9.70. The number of rotatable bonds is 3. The van der Waals surface area contributed by atoms with Gasteiger partial charge < -0.3 is 10.6 Å². The summed E-state index contributed by atoms with van der Waals surface area (Å²) in [4.78, 5) is 11.7. The van der Waals surface area contributed by atoms with Gasteiger partial charge in [0.2, 0.25) is 5.91 Å². The van der Waals surface area contributed by atoms with E-state index >= 15 is 0 Å². The lowest BCUT2D eigenvalue weighted by molar-refractivity contribution is -0.121. The molecule has 0 aromatic heterocycles. The van der Waals surface area contributed by atoms with E-state index in [2.05, 4.69) is 10.6 Å². The maximum absolute atomic E-state index is 13.2. The van der Waals surface area contributed by atoms with Crippen molar-refractivity contribution >= 4 is 11.6 Å². The van der Waals surface area contributed by atoms with Crippen molar-refractivity contribution in [1.29, 1.82) is 0 Å². The van der Waals surface area contributed by atoms with Crippen LogP contribution in [0.3, 0.4) is 0 Å². The van der Waals surface area contributed by atoms with Gasteiger partial charge in [-0.05, 0) is 20.9 Å². The molecule has 0 radical (unpaired) electrons. The van der Waals surface area contributed by atoms with Crippen LogP contribution in [-0.4, -0.2) is 18.5 Å². The van der Waals surface area contributed by atoms with Crippen molar-refractivity contribution in [3.05, 3.63) is 29.6 Å². The van der Waals surface area contributed by atoms with E-state index in [1.54, 1.807) is 13.8 Å². The maximum atomic E-state index is 13.2. The van der Waals surface area contributed by atoms with E-state index in [-0.39, 0.29) is 0 Å². The van der Waals surface area contributed by atoms with Gasteiger partial charge in [-0.3, -0.25) is 4.79 Å². The summed E-state index contributed by atoms with van der Waals surface area (Å²) >= 11 is 0. The number of halogens is 3. The van der Waals surface area contributed by atoms with E-state index in [1.165, 1.54) is 7.05 Å². The summed E-state index contributed by atoms with van der Waals surface area (Å²) in [5.41, 5.74) is -1.65. The first-order valence-corrected chi connectivity index (χ1v) is 4.93. The van der Waals surface area contributed by atoms with Crippen molar-refractivity contribution in [2.75, 3.05) is 12.4 Å². The topological polar surface area (TPSA) is 41.1 Å². The van der Waals surface area contributed by atoms with E-state index < -0.39 is 34.6 Å². The van der Waals surface area contributed by atoms with Crippen LogP contribution >= 0.6 is 0 Å². The molecular formula is C11H13F3N2O. The monoisotopic (exact) mass is 246 g/mol. The number of amides is 1. The minimum absolute atomic E-state index is 0.505. The molecular weight excluding hydrogens is 233 g/mol. The molecule has 0 atom stereocenters. The van der Waals surface area contributed by atoms with Gasteiger partial charge in [-0.15, -0.1) is 0 Å². The summed E-state index contributed by atoms with van der Waals surface area (Å²) < 4.78 is 39.1. The molecule has 0 saturated carbocycles. The predicted molar refractivity (Wildman–Crippen MR) is 58.1 cm³/mol. The van der Waals surface area contributed by atoms with Gasteiger partial charge in [-0.25, -0.2) is 13.2 Å². The van der Waals surface area contributed by atoms with Gasteiger partial charge in [0.25, 0.3) is 0 Å². The summed E-state index contributed by atoms with van der Waals surface area (Å²) in [6.07, 6.45) is 0. The molecule has 6 heteroatoms. The zero-order valence-corrected chi connectivity index (χ0v) is 9.70. The molecule has 0 unspecified atom stereocenters. The summed E-state index contributed by atoms with van der Waals surface area (Å²) in [5, 5.41) is 4.76. The summed E-state index contributed by atoms with van der Waals surface area (Å²) in [6, 6.07) is 1.01. The fourth-order valence-corrected chi connectivity index (χ4v) is 1.04. The lowest BCUT2D eigenvalue weighted by Gasteiger charge is -2.23. The second-order valence-electron chi connectivity index (χ2n) is 4.07. The fourth-order valence-electron chi connectivity index (χ4n) is 1.04. The van der Waals surface area contributed by atoms with E-state index in [9.17, 15) is 18.0 Å². The molecule has 1 aromatic carbocycles. The molecule has 0 aliphatic heterocycles. The number of hydrogen-bond donors (Lipinski definition) is 2. The molecule has 0 aliphatic carbocycles. The number of carbonyl (C=O) groups excluding carboxylic acids is 1. The number of carbonyl (C=O) groups is 1. The number of benzene rings is 1. The standard InChI is InChI=1S/C11H13F3N2O/c1-11(2,15-3)10(17)16-9-7(13)4-6(12)5-8(9)14/h4-5,15H,1-3H3,(H,16,17). The van der Waals surface area contributed by atoms with Gasteiger partial charge in [0.15, 0.2) is 11.6 Å². The van der Waals surface area contributed by atoms with Gasteiger partial charge in [-0.2, -0.15) is 0 Å². The summed E-state index contributed by atoms with van der Waals surface area (Å²) in [5.74, 6) is -3.96. The highest BCUT2D eigenvalue weighted by Gasteiger charge is 2.27. The summed E-state index contributed by atoms with van der Waals surface area (Å²) in [6.45, 7) is 3.09. The van der Waals surface area contributed by atoms with Crippen molar-refractivity contribution in [2.45, 2.75) is 19.4 Å². The Hall–Kier alpha value is -1.56. The SMILES string of the molecule is CNC(C)(C)C(=O)Nc1c(F)cc(F)cc1F. The molecule has 2 N–H and O–H groups in total. The molecule has 0 heterocycles. The van der Waals surface area contributed by atoms with E-state index in [0.29, 0.717) is 12.1 Å². The fraction of sp³-hybridized carbons (Fsp3) is 0.364. The van der Waals surface area contributed by atoms with Crippen LogP contribution in [0.5, 0.6) is 0 Å². The van der Waals surface area contributed by atoms with Crippen LogP contribution < -0.4 is 10.6 Å². The smallest absolute Gasteiger partial charge is 0.244 e. The van der Waals surface area contributed by atoms with E-state index in [0.717, 1.165) is 0 Å². The molecule has 0 fully saturated rings. The minimum atomic E-state index is -1.15. The van der Waals surface area contributed by atoms with Gasteiger partial charge in [-0.1, -0.05) is 0 Å². The minimum Gasteiger partial charge on any atom is -0.320 e. The predicted octanol–water partition coefficient (Wildman–Crippen LogP) is 2.04. The summed E-state index contributed by atoms with van der Waals surface area (Å²) in [7, 11) is 1.54. The van der Waals surface area contributed by atoms with Crippen LogP contribution in [0.25, 0.3) is 0 Å². The number of anilines is 1. The largest absolute Gasteiger partial charge is 0.320 e. The lowest BCUT2D eigenvalue weighted by Crippen LogP contribution is -2.48. The normalized spacial score (nSPS) is 11.4. The Morgan fingerprint density at radius 1 is 1.18 bits per heavy atom. The average molecular weight is 246 g/mol. The van der Waals surface area contributed by atoms with Gasteiger partial charge >= 0.3 is 0 Å². The van der Waals surface area contributed by atoms with E-state index in [4.69, 9.17) is 0 Å². The molecule has 1 amide bonds. The Labute approximate surface area is 97.0 Å². The van der Waals surface area contributed by atoms with E-state index in [1.807, 2.05) is 0 Å².